The van der Waals surface area contributed by atoms with Crippen molar-refractivity contribution >= 4 is 28.9 Å². The molecule has 4 rings (SSSR count). The van der Waals surface area contributed by atoms with E-state index in [1.165, 1.54) is 0 Å². The number of piperidine rings is 1. The number of benzene rings is 3. The normalized spacial score (nSPS) is 13.7. The molecule has 1 fully saturated rings. The lowest BCUT2D eigenvalue weighted by Crippen LogP contribution is -2.34. The van der Waals surface area contributed by atoms with Gasteiger partial charge in [0.15, 0.2) is 0 Å². The lowest BCUT2D eigenvalue weighted by Gasteiger charge is -2.26. The first-order valence-corrected chi connectivity index (χ1v) is 11.9. The predicted octanol–water partition coefficient (Wildman–Crippen LogP) is 4.70. The third-order valence-electron chi connectivity index (χ3n) is 6.04. The van der Waals surface area contributed by atoms with E-state index in [0.717, 1.165) is 37.2 Å². The smallest absolute Gasteiger partial charge is 0.259 e. The third-order valence-corrected chi connectivity index (χ3v) is 6.04. The molecule has 1 heterocycles. The number of nitrogens with one attached hydrogen (secondary N) is 3. The summed E-state index contributed by atoms with van der Waals surface area (Å²) in [6, 6.07) is 20.1. The molecule has 0 unspecified atom stereocenters. The van der Waals surface area contributed by atoms with Crippen molar-refractivity contribution in [2.75, 3.05) is 42.7 Å². The second-order valence-corrected chi connectivity index (χ2v) is 8.96. The Morgan fingerprint density at radius 2 is 1.57 bits per heavy atom. The van der Waals surface area contributed by atoms with Gasteiger partial charge in [-0.3, -0.25) is 9.59 Å². The van der Waals surface area contributed by atoms with Crippen LogP contribution in [0.25, 0.3) is 0 Å². The van der Waals surface area contributed by atoms with Crippen molar-refractivity contribution < 1.29 is 14.3 Å². The van der Waals surface area contributed by atoms with E-state index in [2.05, 4.69) is 16.0 Å². The average molecular weight is 473 g/mol. The molecular formula is C28H32N4O3. The number of rotatable bonds is 7. The minimum absolute atomic E-state index is 0.0489. The molecule has 3 aromatic carbocycles. The maximum absolute atomic E-state index is 13.4. The molecule has 0 saturated carbocycles. The standard InChI is InChI=1S/C28H32N4O3/c1-19-8-10-20(11-9-19)30-27(33)23-6-4-5-7-25(23)31-28(34)24-13-12-21(32(2)3)18-26(24)35-22-14-16-29-17-15-22/h4-13,18,22,29H,14-17H2,1-3H3,(H,30,33)(H,31,34). The molecule has 1 aliphatic heterocycles. The van der Waals surface area contributed by atoms with E-state index >= 15 is 0 Å². The summed E-state index contributed by atoms with van der Waals surface area (Å²) in [6.07, 6.45) is 1.82. The molecule has 0 aliphatic carbocycles. The van der Waals surface area contributed by atoms with E-state index in [0.29, 0.717) is 28.3 Å². The Kier molecular flexibility index (Phi) is 7.67. The van der Waals surface area contributed by atoms with Gasteiger partial charge in [0.25, 0.3) is 11.8 Å². The summed E-state index contributed by atoms with van der Waals surface area (Å²) in [7, 11) is 3.90. The monoisotopic (exact) mass is 472 g/mol. The number of anilines is 3. The fourth-order valence-corrected chi connectivity index (χ4v) is 3.98. The first-order valence-electron chi connectivity index (χ1n) is 11.9. The molecule has 0 atom stereocenters. The van der Waals surface area contributed by atoms with Crippen LogP contribution in [0.4, 0.5) is 17.1 Å². The minimum Gasteiger partial charge on any atom is -0.489 e. The van der Waals surface area contributed by atoms with Crippen molar-refractivity contribution in [3.05, 3.63) is 83.4 Å². The average Bonchev–Trinajstić information content (AvgIpc) is 2.86. The van der Waals surface area contributed by atoms with Crippen LogP contribution in [-0.4, -0.2) is 45.1 Å². The summed E-state index contributed by atoms with van der Waals surface area (Å²) < 4.78 is 6.30. The van der Waals surface area contributed by atoms with Crippen molar-refractivity contribution in [3.63, 3.8) is 0 Å². The lowest BCUT2D eigenvalue weighted by molar-refractivity contribution is 0.101. The van der Waals surface area contributed by atoms with Crippen LogP contribution in [0.2, 0.25) is 0 Å². The van der Waals surface area contributed by atoms with Crippen LogP contribution < -0.4 is 25.6 Å². The minimum atomic E-state index is -0.324. The molecule has 1 aliphatic rings. The number of hydrogen-bond acceptors (Lipinski definition) is 5. The second kappa shape index (κ2) is 11.1. The number of carbonyl (C=O) groups is 2. The van der Waals surface area contributed by atoms with Gasteiger partial charge in [0.05, 0.1) is 16.8 Å². The maximum Gasteiger partial charge on any atom is 0.259 e. The molecule has 0 bridgehead atoms. The quantitative estimate of drug-likeness (QED) is 0.465. The van der Waals surface area contributed by atoms with Crippen molar-refractivity contribution in [2.24, 2.45) is 0 Å². The van der Waals surface area contributed by atoms with Gasteiger partial charge in [-0.2, -0.15) is 0 Å². The molecule has 182 valence electrons. The summed E-state index contributed by atoms with van der Waals surface area (Å²) in [6.45, 7) is 3.77. The van der Waals surface area contributed by atoms with E-state index in [1.54, 1.807) is 30.3 Å². The fraction of sp³-hybridized carbons (Fsp3) is 0.286. The highest BCUT2D eigenvalue weighted by Crippen LogP contribution is 2.29. The Morgan fingerprint density at radius 1 is 0.886 bits per heavy atom. The highest BCUT2D eigenvalue weighted by Gasteiger charge is 2.21. The van der Waals surface area contributed by atoms with Gasteiger partial charge >= 0.3 is 0 Å². The van der Waals surface area contributed by atoms with Gasteiger partial charge in [-0.05, 0) is 69.3 Å². The van der Waals surface area contributed by atoms with Crippen molar-refractivity contribution in [2.45, 2.75) is 25.9 Å². The summed E-state index contributed by atoms with van der Waals surface area (Å²) >= 11 is 0. The Morgan fingerprint density at radius 3 is 2.29 bits per heavy atom. The number of para-hydroxylation sites is 1. The van der Waals surface area contributed by atoms with Gasteiger partial charge in [0.1, 0.15) is 11.9 Å². The molecule has 3 aromatic rings. The van der Waals surface area contributed by atoms with E-state index in [-0.39, 0.29) is 17.9 Å². The molecule has 0 radical (unpaired) electrons. The summed E-state index contributed by atoms with van der Waals surface area (Å²) in [5, 5.41) is 9.15. The number of nitrogens with zero attached hydrogens (tertiary/aromatic N) is 1. The summed E-state index contributed by atoms with van der Waals surface area (Å²) in [5.74, 6) is -0.0732. The van der Waals surface area contributed by atoms with Crippen LogP contribution in [-0.2, 0) is 0 Å². The van der Waals surface area contributed by atoms with Crippen LogP contribution in [0.15, 0.2) is 66.7 Å². The highest BCUT2D eigenvalue weighted by atomic mass is 16.5. The van der Waals surface area contributed by atoms with Crippen molar-refractivity contribution in [1.29, 1.82) is 0 Å². The van der Waals surface area contributed by atoms with E-state index < -0.39 is 0 Å². The van der Waals surface area contributed by atoms with Gasteiger partial charge in [-0.25, -0.2) is 0 Å². The fourth-order valence-electron chi connectivity index (χ4n) is 3.98. The third kappa shape index (κ3) is 6.19. The summed E-state index contributed by atoms with van der Waals surface area (Å²) in [4.78, 5) is 28.3. The Bertz CT molecular complexity index is 1190. The predicted molar refractivity (Wildman–Crippen MR) is 141 cm³/mol. The van der Waals surface area contributed by atoms with Crippen LogP contribution in [0.5, 0.6) is 5.75 Å². The maximum atomic E-state index is 13.4. The molecule has 0 spiro atoms. The number of carbonyl (C=O) groups excluding carboxylic acids is 2. The molecule has 2 amide bonds. The number of aryl methyl sites for hydroxylation is 1. The van der Waals surface area contributed by atoms with Crippen LogP contribution in [0, 0.1) is 6.92 Å². The molecular weight excluding hydrogens is 440 g/mol. The topological polar surface area (TPSA) is 82.7 Å². The molecule has 1 saturated heterocycles. The van der Waals surface area contributed by atoms with Crippen LogP contribution in [0.3, 0.4) is 0 Å². The van der Waals surface area contributed by atoms with Gasteiger partial charge < -0.3 is 25.6 Å². The van der Waals surface area contributed by atoms with E-state index in [1.807, 2.05) is 62.3 Å². The van der Waals surface area contributed by atoms with Crippen LogP contribution >= 0.6 is 0 Å². The number of ether oxygens (including phenoxy) is 1. The van der Waals surface area contributed by atoms with Gasteiger partial charge in [0, 0.05) is 31.5 Å². The van der Waals surface area contributed by atoms with Crippen LogP contribution in [0.1, 0.15) is 39.1 Å². The van der Waals surface area contributed by atoms with E-state index in [4.69, 9.17) is 4.74 Å². The summed E-state index contributed by atoms with van der Waals surface area (Å²) in [5.41, 5.74) is 4.00. The largest absolute Gasteiger partial charge is 0.489 e. The first kappa shape index (κ1) is 24.3. The van der Waals surface area contributed by atoms with Gasteiger partial charge in [0.2, 0.25) is 0 Å². The highest BCUT2D eigenvalue weighted by molar-refractivity contribution is 6.13. The Hall–Kier alpha value is -3.84. The van der Waals surface area contributed by atoms with Gasteiger partial charge in [-0.15, -0.1) is 0 Å². The zero-order valence-electron chi connectivity index (χ0n) is 20.4. The Balaban J connectivity index is 1.56. The zero-order chi connectivity index (χ0) is 24.8. The molecule has 7 nitrogen and oxygen atoms in total. The molecule has 35 heavy (non-hydrogen) atoms. The SMILES string of the molecule is Cc1ccc(NC(=O)c2ccccc2NC(=O)c2ccc(N(C)C)cc2OC2CCNCC2)cc1. The first-order chi connectivity index (χ1) is 16.9. The molecule has 3 N–H and O–H groups in total. The second-order valence-electron chi connectivity index (χ2n) is 8.96. The number of hydrogen-bond donors (Lipinski definition) is 3. The van der Waals surface area contributed by atoms with Crippen molar-refractivity contribution in [1.82, 2.24) is 5.32 Å². The lowest BCUT2D eigenvalue weighted by atomic mass is 10.1. The van der Waals surface area contributed by atoms with E-state index in [9.17, 15) is 9.59 Å². The zero-order valence-corrected chi connectivity index (χ0v) is 20.4. The van der Waals surface area contributed by atoms with Crippen molar-refractivity contribution in [3.8, 4) is 5.75 Å². The number of amides is 2. The molecule has 0 aromatic heterocycles. The van der Waals surface area contributed by atoms with Gasteiger partial charge in [-0.1, -0.05) is 29.8 Å². The molecule has 7 heteroatoms. The Labute approximate surface area is 206 Å².